The van der Waals surface area contributed by atoms with E-state index in [4.69, 9.17) is 0 Å². The van der Waals surface area contributed by atoms with Gasteiger partial charge in [0, 0.05) is 29.8 Å². The van der Waals surface area contributed by atoms with Crippen molar-refractivity contribution < 1.29 is 4.79 Å². The van der Waals surface area contributed by atoms with Crippen LogP contribution in [0.15, 0.2) is 55.2 Å². The lowest BCUT2D eigenvalue weighted by molar-refractivity contribution is 0.0950. The molecule has 6 heteroatoms. The average Bonchev–Trinajstić information content (AvgIpc) is 3.07. The van der Waals surface area contributed by atoms with E-state index in [0.717, 1.165) is 11.4 Å². The molecule has 110 valence electrons. The fourth-order valence-corrected chi connectivity index (χ4v) is 2.07. The molecule has 3 heterocycles. The summed E-state index contributed by atoms with van der Waals surface area (Å²) in [6.07, 6.45) is 6.69. The van der Waals surface area contributed by atoms with Crippen molar-refractivity contribution in [3.63, 3.8) is 0 Å². The maximum atomic E-state index is 12.2. The minimum Gasteiger partial charge on any atom is -0.346 e. The standard InChI is InChI=1S/C16H15N5O/c1-12-3-2-4-14(20-12)10-19-16(22)13-5-6-18-15(9-13)21-8-7-17-11-21/h2-9,11H,10H2,1H3,(H,19,22). The van der Waals surface area contributed by atoms with Gasteiger partial charge in [0.05, 0.1) is 12.2 Å². The average molecular weight is 293 g/mol. The number of aromatic nitrogens is 4. The second kappa shape index (κ2) is 6.17. The molecule has 22 heavy (non-hydrogen) atoms. The number of carbonyl (C=O) groups is 1. The summed E-state index contributed by atoms with van der Waals surface area (Å²) in [6.45, 7) is 2.31. The lowest BCUT2D eigenvalue weighted by atomic mass is 10.2. The lowest BCUT2D eigenvalue weighted by Crippen LogP contribution is -2.23. The lowest BCUT2D eigenvalue weighted by Gasteiger charge is -2.07. The third-order valence-corrected chi connectivity index (χ3v) is 3.15. The Balaban J connectivity index is 1.71. The van der Waals surface area contributed by atoms with Gasteiger partial charge in [0.25, 0.3) is 5.91 Å². The van der Waals surface area contributed by atoms with Crippen LogP contribution in [0.4, 0.5) is 0 Å². The van der Waals surface area contributed by atoms with Crippen LogP contribution in [-0.2, 0) is 6.54 Å². The fourth-order valence-electron chi connectivity index (χ4n) is 2.07. The summed E-state index contributed by atoms with van der Waals surface area (Å²) in [4.78, 5) is 24.8. The Morgan fingerprint density at radius 1 is 1.27 bits per heavy atom. The summed E-state index contributed by atoms with van der Waals surface area (Å²) >= 11 is 0. The van der Waals surface area contributed by atoms with Crippen molar-refractivity contribution in [3.8, 4) is 5.82 Å². The van der Waals surface area contributed by atoms with Gasteiger partial charge in [-0.1, -0.05) is 6.07 Å². The Morgan fingerprint density at radius 3 is 2.95 bits per heavy atom. The molecule has 0 radical (unpaired) electrons. The highest BCUT2D eigenvalue weighted by atomic mass is 16.1. The number of rotatable bonds is 4. The zero-order valence-corrected chi connectivity index (χ0v) is 12.1. The van der Waals surface area contributed by atoms with Crippen molar-refractivity contribution in [1.82, 2.24) is 24.8 Å². The van der Waals surface area contributed by atoms with Crippen LogP contribution in [0, 0.1) is 6.92 Å². The van der Waals surface area contributed by atoms with Gasteiger partial charge in [-0.2, -0.15) is 0 Å². The summed E-state index contributed by atoms with van der Waals surface area (Å²) in [6, 6.07) is 9.13. The van der Waals surface area contributed by atoms with Crippen molar-refractivity contribution in [3.05, 3.63) is 72.2 Å². The van der Waals surface area contributed by atoms with Gasteiger partial charge in [-0.3, -0.25) is 14.3 Å². The molecule has 3 aromatic rings. The highest BCUT2D eigenvalue weighted by molar-refractivity contribution is 5.94. The number of nitrogens with zero attached hydrogens (tertiary/aromatic N) is 4. The van der Waals surface area contributed by atoms with Crippen LogP contribution in [0.3, 0.4) is 0 Å². The fraction of sp³-hybridized carbons (Fsp3) is 0.125. The van der Waals surface area contributed by atoms with Crippen molar-refractivity contribution in [2.75, 3.05) is 0 Å². The van der Waals surface area contributed by atoms with Crippen molar-refractivity contribution in [2.45, 2.75) is 13.5 Å². The van der Waals surface area contributed by atoms with Crippen LogP contribution in [0.25, 0.3) is 5.82 Å². The van der Waals surface area contributed by atoms with E-state index in [1.165, 1.54) is 0 Å². The molecule has 0 atom stereocenters. The first-order valence-corrected chi connectivity index (χ1v) is 6.87. The second-order valence-corrected chi connectivity index (χ2v) is 4.83. The number of hydrogen-bond acceptors (Lipinski definition) is 4. The minimum atomic E-state index is -0.160. The van der Waals surface area contributed by atoms with Gasteiger partial charge >= 0.3 is 0 Å². The zero-order chi connectivity index (χ0) is 15.4. The molecule has 3 aromatic heterocycles. The number of nitrogens with one attached hydrogen (secondary N) is 1. The highest BCUT2D eigenvalue weighted by Gasteiger charge is 2.08. The van der Waals surface area contributed by atoms with Crippen LogP contribution in [0.5, 0.6) is 0 Å². The Morgan fingerprint density at radius 2 is 2.18 bits per heavy atom. The van der Waals surface area contributed by atoms with Gasteiger partial charge in [-0.15, -0.1) is 0 Å². The van der Waals surface area contributed by atoms with E-state index < -0.39 is 0 Å². The van der Waals surface area contributed by atoms with Crippen molar-refractivity contribution in [2.24, 2.45) is 0 Å². The van der Waals surface area contributed by atoms with E-state index in [1.54, 1.807) is 41.6 Å². The first kappa shape index (κ1) is 13.9. The molecule has 0 fully saturated rings. The maximum Gasteiger partial charge on any atom is 0.251 e. The van der Waals surface area contributed by atoms with Gasteiger partial charge in [0.2, 0.25) is 0 Å². The first-order chi connectivity index (χ1) is 10.7. The quantitative estimate of drug-likeness (QED) is 0.797. The second-order valence-electron chi connectivity index (χ2n) is 4.83. The van der Waals surface area contributed by atoms with Crippen molar-refractivity contribution >= 4 is 5.91 Å². The van der Waals surface area contributed by atoms with Gasteiger partial charge in [-0.05, 0) is 31.2 Å². The van der Waals surface area contributed by atoms with E-state index in [9.17, 15) is 4.79 Å². The molecule has 0 unspecified atom stereocenters. The molecule has 0 spiro atoms. The summed E-state index contributed by atoms with van der Waals surface area (Å²) < 4.78 is 1.75. The van der Waals surface area contributed by atoms with E-state index in [0.29, 0.717) is 17.9 Å². The predicted molar refractivity (Wildman–Crippen MR) is 81.5 cm³/mol. The Kier molecular flexibility index (Phi) is 3.91. The molecule has 0 aliphatic rings. The predicted octanol–water partition coefficient (Wildman–Crippen LogP) is 1.90. The summed E-state index contributed by atoms with van der Waals surface area (Å²) in [5.41, 5.74) is 2.31. The molecule has 0 aliphatic carbocycles. The van der Waals surface area contributed by atoms with Crippen LogP contribution < -0.4 is 5.32 Å². The Hall–Kier alpha value is -3.02. The number of imidazole rings is 1. The number of aryl methyl sites for hydroxylation is 1. The molecule has 3 rings (SSSR count). The summed E-state index contributed by atoms with van der Waals surface area (Å²) in [7, 11) is 0. The van der Waals surface area contributed by atoms with Gasteiger partial charge in [-0.25, -0.2) is 9.97 Å². The molecule has 0 saturated carbocycles. The van der Waals surface area contributed by atoms with Gasteiger partial charge < -0.3 is 5.32 Å². The molecular formula is C16H15N5O. The molecule has 0 bridgehead atoms. The third kappa shape index (κ3) is 3.17. The van der Waals surface area contributed by atoms with Crippen LogP contribution in [0.2, 0.25) is 0 Å². The van der Waals surface area contributed by atoms with Crippen LogP contribution in [-0.4, -0.2) is 25.4 Å². The van der Waals surface area contributed by atoms with Gasteiger partial charge in [0.15, 0.2) is 0 Å². The minimum absolute atomic E-state index is 0.160. The number of carbonyl (C=O) groups excluding carboxylic acids is 1. The first-order valence-electron chi connectivity index (χ1n) is 6.87. The summed E-state index contributed by atoms with van der Waals surface area (Å²) in [5.74, 6) is 0.492. The number of amides is 1. The molecule has 6 nitrogen and oxygen atoms in total. The van der Waals surface area contributed by atoms with E-state index in [-0.39, 0.29) is 5.91 Å². The monoisotopic (exact) mass is 293 g/mol. The molecule has 0 aliphatic heterocycles. The Bertz CT molecular complexity index is 783. The molecule has 0 aromatic carbocycles. The SMILES string of the molecule is Cc1cccc(CNC(=O)c2ccnc(-n3ccnc3)c2)n1. The number of pyridine rings is 2. The topological polar surface area (TPSA) is 72.7 Å². The highest BCUT2D eigenvalue weighted by Crippen LogP contribution is 2.07. The smallest absolute Gasteiger partial charge is 0.251 e. The van der Waals surface area contributed by atoms with Gasteiger partial charge in [0.1, 0.15) is 12.1 Å². The summed E-state index contributed by atoms with van der Waals surface area (Å²) in [5, 5.41) is 2.86. The zero-order valence-electron chi connectivity index (χ0n) is 12.1. The Labute approximate surface area is 127 Å². The van der Waals surface area contributed by atoms with Crippen LogP contribution in [0.1, 0.15) is 21.7 Å². The van der Waals surface area contributed by atoms with E-state index in [1.807, 2.05) is 25.1 Å². The largest absolute Gasteiger partial charge is 0.346 e. The third-order valence-electron chi connectivity index (χ3n) is 3.15. The number of hydrogen-bond donors (Lipinski definition) is 1. The van der Waals surface area contributed by atoms with E-state index in [2.05, 4.69) is 20.3 Å². The normalized spacial score (nSPS) is 10.4. The van der Waals surface area contributed by atoms with Crippen LogP contribution >= 0.6 is 0 Å². The molecule has 0 saturated heterocycles. The van der Waals surface area contributed by atoms with Crippen molar-refractivity contribution in [1.29, 1.82) is 0 Å². The van der Waals surface area contributed by atoms with E-state index >= 15 is 0 Å². The maximum absolute atomic E-state index is 12.2. The molecule has 1 amide bonds. The molecular weight excluding hydrogens is 278 g/mol. The molecule has 1 N–H and O–H groups in total.